The lowest BCUT2D eigenvalue weighted by Crippen LogP contribution is -2.23. The van der Waals surface area contributed by atoms with Gasteiger partial charge in [0.25, 0.3) is 5.91 Å². The Kier molecular flexibility index (Phi) is 6.62. The first-order valence-electron chi connectivity index (χ1n) is 8.54. The molecule has 1 N–H and O–H groups in total. The van der Waals surface area contributed by atoms with Gasteiger partial charge in [-0.25, -0.2) is 0 Å². The number of esters is 1. The fourth-order valence-electron chi connectivity index (χ4n) is 2.69. The Bertz CT molecular complexity index is 981. The van der Waals surface area contributed by atoms with Crippen LogP contribution in [0.15, 0.2) is 30.3 Å². The molecule has 30 heavy (non-hydrogen) atoms. The highest BCUT2D eigenvalue weighted by atomic mass is 35.5. The van der Waals surface area contributed by atoms with Crippen LogP contribution in [0.2, 0.25) is 10.0 Å². The molecule has 3 rings (SSSR count). The van der Waals surface area contributed by atoms with Crippen molar-refractivity contribution in [3.8, 4) is 11.5 Å². The largest absolute Gasteiger partial charge is 0.486 e. The maximum Gasteiger partial charge on any atom is 0.418 e. The van der Waals surface area contributed by atoms with Gasteiger partial charge in [-0.3, -0.25) is 9.59 Å². The zero-order valence-corrected chi connectivity index (χ0v) is 16.7. The minimum absolute atomic E-state index is 0.233. The van der Waals surface area contributed by atoms with Gasteiger partial charge in [-0.1, -0.05) is 29.3 Å². The Balaban J connectivity index is 1.60. The topological polar surface area (TPSA) is 73.9 Å². The van der Waals surface area contributed by atoms with Crippen molar-refractivity contribution in [3.63, 3.8) is 0 Å². The summed E-state index contributed by atoms with van der Waals surface area (Å²) in [6.45, 7) is -0.107. The number of ether oxygens (including phenoxy) is 3. The van der Waals surface area contributed by atoms with Gasteiger partial charge in [-0.05, 0) is 29.8 Å². The highest BCUT2D eigenvalue weighted by Crippen LogP contribution is 2.39. The van der Waals surface area contributed by atoms with E-state index in [-0.39, 0.29) is 16.5 Å². The zero-order valence-electron chi connectivity index (χ0n) is 15.1. The number of hydrogen-bond donors (Lipinski definition) is 1. The Labute approximate surface area is 178 Å². The van der Waals surface area contributed by atoms with Crippen molar-refractivity contribution in [1.82, 2.24) is 0 Å². The molecule has 0 atom stereocenters. The van der Waals surface area contributed by atoms with Crippen LogP contribution in [0.4, 0.5) is 18.9 Å². The van der Waals surface area contributed by atoms with Crippen molar-refractivity contribution >= 4 is 40.8 Å². The van der Waals surface area contributed by atoms with E-state index >= 15 is 0 Å². The van der Waals surface area contributed by atoms with E-state index in [0.717, 1.165) is 12.1 Å². The molecule has 0 spiro atoms. The van der Waals surface area contributed by atoms with E-state index in [9.17, 15) is 22.8 Å². The van der Waals surface area contributed by atoms with Crippen LogP contribution in [-0.2, 0) is 26.9 Å². The summed E-state index contributed by atoms with van der Waals surface area (Å²) in [5.74, 6) is -0.998. The second kappa shape index (κ2) is 9.01. The van der Waals surface area contributed by atoms with Crippen molar-refractivity contribution in [1.29, 1.82) is 0 Å². The molecule has 0 radical (unpaired) electrons. The number of para-hydroxylation sites is 1. The molecular formula is C19H14Cl2F3NO5. The maximum atomic E-state index is 13.1. The predicted octanol–water partition coefficient (Wildman–Crippen LogP) is 4.51. The monoisotopic (exact) mass is 463 g/mol. The van der Waals surface area contributed by atoms with Gasteiger partial charge in [0, 0.05) is 0 Å². The molecule has 0 saturated heterocycles. The number of fused-ring (bicyclic) bond motifs is 1. The second-order valence-corrected chi connectivity index (χ2v) is 6.96. The highest BCUT2D eigenvalue weighted by molar-refractivity contribution is 6.34. The molecule has 160 valence electrons. The van der Waals surface area contributed by atoms with Gasteiger partial charge in [0.05, 0.1) is 27.7 Å². The molecule has 0 aliphatic carbocycles. The molecule has 11 heteroatoms. The number of alkyl halides is 3. The van der Waals surface area contributed by atoms with Crippen LogP contribution in [-0.4, -0.2) is 31.7 Å². The molecule has 0 aromatic heterocycles. The molecule has 1 aliphatic heterocycles. The Hall–Kier alpha value is -2.65. The fourth-order valence-corrected chi connectivity index (χ4v) is 3.20. The van der Waals surface area contributed by atoms with Crippen LogP contribution in [0.25, 0.3) is 0 Å². The fraction of sp³-hybridized carbons (Fsp3) is 0.263. The van der Waals surface area contributed by atoms with E-state index in [4.69, 9.17) is 37.4 Å². The van der Waals surface area contributed by atoms with Crippen molar-refractivity contribution < 1.29 is 37.0 Å². The van der Waals surface area contributed by atoms with Gasteiger partial charge in [0.15, 0.2) is 18.1 Å². The highest BCUT2D eigenvalue weighted by Gasteiger charge is 2.34. The number of carbonyl (C=O) groups is 2. The van der Waals surface area contributed by atoms with Crippen molar-refractivity contribution in [3.05, 3.63) is 51.5 Å². The van der Waals surface area contributed by atoms with E-state index in [2.05, 4.69) is 0 Å². The van der Waals surface area contributed by atoms with Gasteiger partial charge in [0.2, 0.25) is 0 Å². The predicted molar refractivity (Wildman–Crippen MR) is 102 cm³/mol. The SMILES string of the molecule is O=C(COC(=O)Cc1cc(Cl)c2c(c1)OCCO2)Nc1c(Cl)cccc1C(F)(F)F. The quantitative estimate of drug-likeness (QED) is 0.660. The third-order valence-corrected chi connectivity index (χ3v) is 4.55. The lowest BCUT2D eigenvalue weighted by Gasteiger charge is -2.20. The Morgan fingerprint density at radius 2 is 1.83 bits per heavy atom. The summed E-state index contributed by atoms with van der Waals surface area (Å²) in [5.41, 5.74) is -1.26. The van der Waals surface area contributed by atoms with E-state index in [1.165, 1.54) is 12.1 Å². The standard InChI is InChI=1S/C19H14Cl2F3NO5/c20-12-3-1-2-11(19(22,23)24)17(12)25-15(26)9-30-16(27)8-10-6-13(21)18-14(7-10)28-4-5-29-18/h1-3,6-7H,4-5,8-9H2,(H,25,26). The lowest BCUT2D eigenvalue weighted by molar-refractivity contribution is -0.146. The summed E-state index contributed by atoms with van der Waals surface area (Å²) < 4.78 is 54.8. The Morgan fingerprint density at radius 3 is 2.57 bits per heavy atom. The van der Waals surface area contributed by atoms with Crippen LogP contribution < -0.4 is 14.8 Å². The third kappa shape index (κ3) is 5.28. The summed E-state index contributed by atoms with van der Waals surface area (Å²) in [4.78, 5) is 24.0. The molecule has 1 heterocycles. The first kappa shape index (κ1) is 22.0. The number of carbonyl (C=O) groups excluding carboxylic acids is 2. The van der Waals surface area contributed by atoms with Gasteiger partial charge in [-0.15, -0.1) is 0 Å². The number of benzene rings is 2. The number of amides is 1. The average molecular weight is 464 g/mol. The number of halogens is 5. The van der Waals surface area contributed by atoms with Gasteiger partial charge < -0.3 is 19.5 Å². The Morgan fingerprint density at radius 1 is 1.10 bits per heavy atom. The van der Waals surface area contributed by atoms with Crippen LogP contribution in [0, 0.1) is 0 Å². The molecule has 2 aromatic carbocycles. The van der Waals surface area contributed by atoms with Crippen LogP contribution in [0.1, 0.15) is 11.1 Å². The average Bonchev–Trinajstić information content (AvgIpc) is 2.67. The maximum absolute atomic E-state index is 13.1. The zero-order chi connectivity index (χ0) is 21.9. The van der Waals surface area contributed by atoms with Crippen LogP contribution >= 0.6 is 23.2 Å². The molecule has 2 aromatic rings. The first-order chi connectivity index (χ1) is 14.1. The van der Waals surface area contributed by atoms with Gasteiger partial charge in [0.1, 0.15) is 13.2 Å². The smallest absolute Gasteiger partial charge is 0.418 e. The van der Waals surface area contributed by atoms with Gasteiger partial charge >= 0.3 is 12.1 Å². The summed E-state index contributed by atoms with van der Waals surface area (Å²) >= 11 is 11.9. The molecule has 0 bridgehead atoms. The normalized spacial score (nSPS) is 13.0. The summed E-state index contributed by atoms with van der Waals surface area (Å²) in [5, 5.41) is 1.99. The summed E-state index contributed by atoms with van der Waals surface area (Å²) in [6.07, 6.45) is -4.95. The van der Waals surface area contributed by atoms with Crippen LogP contribution in [0.3, 0.4) is 0 Å². The van der Waals surface area contributed by atoms with E-state index < -0.39 is 35.9 Å². The number of anilines is 1. The first-order valence-corrected chi connectivity index (χ1v) is 9.30. The van der Waals surface area contributed by atoms with Crippen LogP contribution in [0.5, 0.6) is 11.5 Å². The molecule has 6 nitrogen and oxygen atoms in total. The number of nitrogens with one attached hydrogen (secondary N) is 1. The lowest BCUT2D eigenvalue weighted by atomic mass is 10.1. The molecular weight excluding hydrogens is 450 g/mol. The van der Waals surface area contributed by atoms with E-state index in [0.29, 0.717) is 30.3 Å². The second-order valence-electron chi connectivity index (χ2n) is 6.15. The molecule has 1 aliphatic rings. The minimum Gasteiger partial charge on any atom is -0.486 e. The van der Waals surface area contributed by atoms with Crippen molar-refractivity contribution in [2.24, 2.45) is 0 Å². The van der Waals surface area contributed by atoms with Crippen molar-refractivity contribution in [2.75, 3.05) is 25.1 Å². The molecule has 0 saturated carbocycles. The summed E-state index contributed by atoms with van der Waals surface area (Å²) in [6, 6.07) is 6.14. The minimum atomic E-state index is -4.72. The number of rotatable bonds is 5. The van der Waals surface area contributed by atoms with E-state index in [1.54, 1.807) is 6.07 Å². The molecule has 1 amide bonds. The molecule has 0 fully saturated rings. The number of hydrogen-bond acceptors (Lipinski definition) is 5. The summed E-state index contributed by atoms with van der Waals surface area (Å²) in [7, 11) is 0. The van der Waals surface area contributed by atoms with Crippen molar-refractivity contribution in [2.45, 2.75) is 12.6 Å². The third-order valence-electron chi connectivity index (χ3n) is 3.95. The van der Waals surface area contributed by atoms with E-state index in [1.807, 2.05) is 5.32 Å². The van der Waals surface area contributed by atoms with Gasteiger partial charge in [-0.2, -0.15) is 13.2 Å². The molecule has 0 unspecified atom stereocenters.